The highest BCUT2D eigenvalue weighted by Crippen LogP contribution is 2.24. The van der Waals surface area contributed by atoms with Gasteiger partial charge in [-0.1, -0.05) is 18.2 Å². The summed E-state index contributed by atoms with van der Waals surface area (Å²) in [7, 11) is 3.60. The Morgan fingerprint density at radius 2 is 1.96 bits per heavy atom. The molecule has 0 bridgehead atoms. The lowest BCUT2D eigenvalue weighted by Crippen LogP contribution is -2.43. The Balaban J connectivity index is 1.72. The van der Waals surface area contributed by atoms with Crippen LogP contribution in [0.5, 0.6) is 0 Å². The minimum atomic E-state index is -0.398. The van der Waals surface area contributed by atoms with Gasteiger partial charge in [-0.15, -0.1) is 0 Å². The first kappa shape index (κ1) is 17.2. The van der Waals surface area contributed by atoms with Crippen molar-refractivity contribution in [2.75, 3.05) is 18.5 Å². The summed E-state index contributed by atoms with van der Waals surface area (Å²) >= 11 is 0. The zero-order valence-corrected chi connectivity index (χ0v) is 15.2. The molecule has 1 aliphatic heterocycles. The number of carbonyl (C=O) groups excluding carboxylic acids is 2. The van der Waals surface area contributed by atoms with Gasteiger partial charge in [-0.05, 0) is 32.4 Å². The van der Waals surface area contributed by atoms with Crippen LogP contribution in [-0.4, -0.2) is 46.1 Å². The molecule has 2 heterocycles. The average molecular weight is 340 g/mol. The molecule has 1 fully saturated rings. The van der Waals surface area contributed by atoms with E-state index in [1.165, 1.54) is 0 Å². The number of aryl methyl sites for hydroxylation is 2. The molecule has 2 amide bonds. The van der Waals surface area contributed by atoms with Gasteiger partial charge in [0.05, 0.1) is 12.1 Å². The predicted octanol–water partition coefficient (Wildman–Crippen LogP) is 1.84. The molecule has 1 unspecified atom stereocenters. The van der Waals surface area contributed by atoms with E-state index >= 15 is 0 Å². The van der Waals surface area contributed by atoms with E-state index < -0.39 is 6.04 Å². The van der Waals surface area contributed by atoms with Crippen LogP contribution in [0, 0.1) is 13.8 Å². The van der Waals surface area contributed by atoms with E-state index in [9.17, 15) is 9.59 Å². The van der Waals surface area contributed by atoms with Crippen molar-refractivity contribution in [1.82, 2.24) is 14.7 Å². The molecule has 6 heteroatoms. The third-order valence-electron chi connectivity index (χ3n) is 5.09. The summed E-state index contributed by atoms with van der Waals surface area (Å²) in [6.45, 7) is 4.50. The molecular formula is C19H24N4O2. The van der Waals surface area contributed by atoms with E-state index in [1.54, 1.807) is 21.5 Å². The number of hydrogen-bond acceptors (Lipinski definition) is 3. The summed E-state index contributed by atoms with van der Waals surface area (Å²) in [5.41, 5.74) is 3.69. The number of amides is 2. The Bertz CT molecular complexity index is 797. The van der Waals surface area contributed by atoms with Crippen molar-refractivity contribution in [3.8, 4) is 0 Å². The number of rotatable bonds is 4. The minimum absolute atomic E-state index is 0.0123. The highest BCUT2D eigenvalue weighted by Gasteiger charge is 2.37. The van der Waals surface area contributed by atoms with Crippen LogP contribution in [0.4, 0.5) is 5.69 Å². The predicted molar refractivity (Wildman–Crippen MR) is 96.4 cm³/mol. The van der Waals surface area contributed by atoms with Crippen LogP contribution in [0.15, 0.2) is 30.3 Å². The van der Waals surface area contributed by atoms with Gasteiger partial charge < -0.3 is 9.80 Å². The first-order valence-corrected chi connectivity index (χ1v) is 8.51. The van der Waals surface area contributed by atoms with Crippen LogP contribution in [0.1, 0.15) is 23.4 Å². The number of benzene rings is 1. The van der Waals surface area contributed by atoms with E-state index in [1.807, 2.05) is 51.2 Å². The van der Waals surface area contributed by atoms with E-state index in [0.29, 0.717) is 13.0 Å². The van der Waals surface area contributed by atoms with Crippen molar-refractivity contribution in [3.05, 3.63) is 47.3 Å². The zero-order chi connectivity index (χ0) is 18.1. The van der Waals surface area contributed by atoms with Gasteiger partial charge in [-0.2, -0.15) is 5.10 Å². The molecule has 0 spiro atoms. The van der Waals surface area contributed by atoms with Crippen LogP contribution < -0.4 is 4.90 Å². The van der Waals surface area contributed by atoms with Crippen LogP contribution in [-0.2, 0) is 23.1 Å². The second-order valence-corrected chi connectivity index (χ2v) is 6.58. The molecular weight excluding hydrogens is 316 g/mol. The maximum atomic E-state index is 12.8. The van der Waals surface area contributed by atoms with Crippen LogP contribution in [0.2, 0.25) is 0 Å². The Labute approximate surface area is 148 Å². The standard InChI is InChI=1S/C19H24N4O2/c1-13-16(14(2)22(4)20-13)12-18(24)21(3)17-10-11-23(19(17)25)15-8-6-5-7-9-15/h5-9,17H,10-12H2,1-4H3. The summed E-state index contributed by atoms with van der Waals surface area (Å²) in [4.78, 5) is 28.8. The molecule has 25 heavy (non-hydrogen) atoms. The number of carbonyl (C=O) groups is 2. The van der Waals surface area contributed by atoms with Crippen LogP contribution >= 0.6 is 0 Å². The van der Waals surface area contributed by atoms with Gasteiger partial charge in [-0.3, -0.25) is 14.3 Å². The molecule has 0 N–H and O–H groups in total. The van der Waals surface area contributed by atoms with Crippen molar-refractivity contribution < 1.29 is 9.59 Å². The van der Waals surface area contributed by atoms with Crippen molar-refractivity contribution in [1.29, 1.82) is 0 Å². The summed E-state index contributed by atoms with van der Waals surface area (Å²) in [6, 6.07) is 9.20. The van der Waals surface area contributed by atoms with Gasteiger partial charge in [0.1, 0.15) is 6.04 Å². The fourth-order valence-electron chi connectivity index (χ4n) is 3.41. The zero-order valence-electron chi connectivity index (χ0n) is 15.2. The van der Waals surface area contributed by atoms with Crippen molar-refractivity contribution in [2.24, 2.45) is 7.05 Å². The molecule has 2 aromatic rings. The Morgan fingerprint density at radius 1 is 1.28 bits per heavy atom. The smallest absolute Gasteiger partial charge is 0.249 e. The van der Waals surface area contributed by atoms with Crippen molar-refractivity contribution >= 4 is 17.5 Å². The Morgan fingerprint density at radius 3 is 2.56 bits per heavy atom. The fraction of sp³-hybridized carbons (Fsp3) is 0.421. The molecule has 1 aromatic heterocycles. The van der Waals surface area contributed by atoms with E-state index in [-0.39, 0.29) is 18.2 Å². The van der Waals surface area contributed by atoms with E-state index in [0.717, 1.165) is 22.6 Å². The second-order valence-electron chi connectivity index (χ2n) is 6.58. The van der Waals surface area contributed by atoms with E-state index in [2.05, 4.69) is 5.10 Å². The minimum Gasteiger partial charge on any atom is -0.333 e. The molecule has 1 atom stereocenters. The van der Waals surface area contributed by atoms with Gasteiger partial charge >= 0.3 is 0 Å². The lowest BCUT2D eigenvalue weighted by Gasteiger charge is -2.24. The van der Waals surface area contributed by atoms with Crippen LogP contribution in [0.3, 0.4) is 0 Å². The van der Waals surface area contributed by atoms with Crippen molar-refractivity contribution in [3.63, 3.8) is 0 Å². The molecule has 132 valence electrons. The molecule has 3 rings (SSSR count). The molecule has 0 aliphatic carbocycles. The molecule has 1 aromatic carbocycles. The van der Waals surface area contributed by atoms with Gasteiger partial charge in [0, 0.05) is 37.6 Å². The SMILES string of the molecule is Cc1nn(C)c(C)c1CC(=O)N(C)C1CCN(c2ccccc2)C1=O. The largest absolute Gasteiger partial charge is 0.333 e. The highest BCUT2D eigenvalue weighted by atomic mass is 16.2. The summed E-state index contributed by atoms with van der Waals surface area (Å²) < 4.78 is 1.79. The summed E-state index contributed by atoms with van der Waals surface area (Å²) in [6.07, 6.45) is 0.929. The number of para-hydroxylation sites is 1. The van der Waals surface area contributed by atoms with Gasteiger partial charge in [0.15, 0.2) is 0 Å². The quantitative estimate of drug-likeness (QED) is 0.853. The maximum absolute atomic E-state index is 12.8. The third-order valence-corrected chi connectivity index (χ3v) is 5.09. The topological polar surface area (TPSA) is 58.4 Å². The van der Waals surface area contributed by atoms with Gasteiger partial charge in [-0.25, -0.2) is 0 Å². The molecule has 6 nitrogen and oxygen atoms in total. The lowest BCUT2D eigenvalue weighted by atomic mass is 10.1. The average Bonchev–Trinajstić information content (AvgIpc) is 3.10. The number of hydrogen-bond donors (Lipinski definition) is 0. The third kappa shape index (κ3) is 3.16. The highest BCUT2D eigenvalue weighted by molar-refractivity contribution is 6.01. The first-order chi connectivity index (χ1) is 11.9. The fourth-order valence-corrected chi connectivity index (χ4v) is 3.41. The Hall–Kier alpha value is -2.63. The molecule has 1 aliphatic rings. The molecule has 1 saturated heterocycles. The van der Waals surface area contributed by atoms with Crippen LogP contribution in [0.25, 0.3) is 0 Å². The summed E-state index contributed by atoms with van der Waals surface area (Å²) in [5.74, 6) is -0.0610. The second kappa shape index (κ2) is 6.70. The number of anilines is 1. The van der Waals surface area contributed by atoms with E-state index in [4.69, 9.17) is 0 Å². The molecule has 0 saturated carbocycles. The van der Waals surface area contributed by atoms with Crippen molar-refractivity contribution in [2.45, 2.75) is 32.7 Å². The monoisotopic (exact) mass is 340 g/mol. The lowest BCUT2D eigenvalue weighted by molar-refractivity contribution is -0.136. The first-order valence-electron chi connectivity index (χ1n) is 8.51. The number of aromatic nitrogens is 2. The Kier molecular flexibility index (Phi) is 4.61. The molecule has 0 radical (unpaired) electrons. The van der Waals surface area contributed by atoms with Gasteiger partial charge in [0.2, 0.25) is 11.8 Å². The normalized spacial score (nSPS) is 17.2. The summed E-state index contributed by atoms with van der Waals surface area (Å²) in [5, 5.41) is 4.36. The van der Waals surface area contributed by atoms with Gasteiger partial charge in [0.25, 0.3) is 0 Å². The number of nitrogens with zero attached hydrogens (tertiary/aromatic N) is 4. The number of likely N-dealkylation sites (N-methyl/N-ethyl adjacent to an activating group) is 1. The maximum Gasteiger partial charge on any atom is 0.249 e.